The zero-order valence-corrected chi connectivity index (χ0v) is 21.0. The Morgan fingerprint density at radius 2 is 1.97 bits per heavy atom. The van der Waals surface area contributed by atoms with E-state index in [9.17, 15) is 4.79 Å². The van der Waals surface area contributed by atoms with Crippen LogP contribution in [0.15, 0.2) is 29.8 Å². The highest BCUT2D eigenvalue weighted by molar-refractivity contribution is 7.13. The van der Waals surface area contributed by atoms with E-state index in [1.165, 1.54) is 10.4 Å². The van der Waals surface area contributed by atoms with Crippen molar-refractivity contribution < 1.29 is 9.22 Å². The van der Waals surface area contributed by atoms with Gasteiger partial charge >= 0.3 is 0 Å². The third-order valence-corrected chi connectivity index (χ3v) is 12.0. The molecule has 1 amide bonds. The quantitative estimate of drug-likeness (QED) is 0.611. The average molecular weight is 446 g/mol. The Kier molecular flexibility index (Phi) is 6.86. The number of thiazole rings is 1. The van der Waals surface area contributed by atoms with E-state index in [2.05, 4.69) is 73.7 Å². The van der Waals surface area contributed by atoms with E-state index in [1.807, 2.05) is 19.4 Å². The zero-order valence-electron chi connectivity index (χ0n) is 19.2. The van der Waals surface area contributed by atoms with Crippen LogP contribution in [0.2, 0.25) is 18.1 Å². The van der Waals surface area contributed by atoms with Crippen molar-refractivity contribution in [2.75, 3.05) is 6.54 Å². The van der Waals surface area contributed by atoms with Crippen LogP contribution in [0.25, 0.3) is 10.4 Å². The normalized spacial score (nSPS) is 20.9. The summed E-state index contributed by atoms with van der Waals surface area (Å²) >= 11 is 1.65. The van der Waals surface area contributed by atoms with Gasteiger partial charge in [0, 0.05) is 6.54 Å². The van der Waals surface area contributed by atoms with Crippen molar-refractivity contribution in [1.82, 2.24) is 15.6 Å². The van der Waals surface area contributed by atoms with E-state index in [-0.39, 0.29) is 29.1 Å². The summed E-state index contributed by atoms with van der Waals surface area (Å²) in [7, 11) is -1.83. The van der Waals surface area contributed by atoms with Gasteiger partial charge in [-0.15, -0.1) is 11.3 Å². The second kappa shape index (κ2) is 8.90. The number of benzene rings is 1. The average Bonchev–Trinajstić information content (AvgIpc) is 3.29. The molecule has 3 rings (SSSR count). The zero-order chi connectivity index (χ0) is 22.1. The number of nitrogens with zero attached hydrogens (tertiary/aromatic N) is 1. The Balaban J connectivity index is 1.55. The fourth-order valence-electron chi connectivity index (χ4n) is 3.49. The van der Waals surface area contributed by atoms with Crippen molar-refractivity contribution in [2.24, 2.45) is 0 Å². The highest BCUT2D eigenvalue weighted by Crippen LogP contribution is 2.38. The van der Waals surface area contributed by atoms with Crippen LogP contribution in [0, 0.1) is 6.92 Å². The molecule has 0 spiro atoms. The largest absolute Gasteiger partial charge is 0.413 e. The lowest BCUT2D eigenvalue weighted by Gasteiger charge is -2.38. The summed E-state index contributed by atoms with van der Waals surface area (Å²) in [6, 6.07) is 8.15. The fourth-order valence-corrected chi connectivity index (χ4v) is 5.66. The molecular formula is C23H35N3O2SSi. The first-order valence-corrected chi connectivity index (χ1v) is 14.5. The predicted molar refractivity (Wildman–Crippen MR) is 127 cm³/mol. The van der Waals surface area contributed by atoms with E-state index in [1.54, 1.807) is 11.3 Å². The van der Waals surface area contributed by atoms with E-state index in [4.69, 9.17) is 4.43 Å². The van der Waals surface area contributed by atoms with Gasteiger partial charge in [-0.2, -0.15) is 0 Å². The first kappa shape index (κ1) is 23.1. The molecule has 5 nitrogen and oxygen atoms in total. The molecule has 2 N–H and O–H groups in total. The molecule has 0 bridgehead atoms. The maximum Gasteiger partial charge on any atom is 0.237 e. The van der Waals surface area contributed by atoms with E-state index < -0.39 is 8.32 Å². The number of aryl methyl sites for hydroxylation is 1. The van der Waals surface area contributed by atoms with Crippen LogP contribution in [0.5, 0.6) is 0 Å². The summed E-state index contributed by atoms with van der Waals surface area (Å²) in [6.07, 6.45) is 0.841. The van der Waals surface area contributed by atoms with Crippen molar-refractivity contribution in [3.8, 4) is 10.4 Å². The molecule has 0 radical (unpaired) electrons. The number of carbonyl (C=O) groups excluding carboxylic acids is 1. The standard InChI is InChI=1S/C23H35N3O2SSi/c1-15(17-8-10-18(11-9-17)21-16(2)25-14-29-21)26-22(27)20-12-19(13-24-20)28-30(6,7)23(3,4)5/h8-11,14-15,19-20,24H,12-13H2,1-7H3,(H,26,27). The molecule has 1 fully saturated rings. The second-order valence-corrected chi connectivity index (χ2v) is 15.4. The first-order valence-electron chi connectivity index (χ1n) is 10.7. The number of nitrogens with one attached hydrogen (secondary N) is 2. The number of amides is 1. The van der Waals surface area contributed by atoms with Crippen LogP contribution in [-0.4, -0.2) is 37.9 Å². The molecule has 1 aliphatic heterocycles. The van der Waals surface area contributed by atoms with E-state index in [0.29, 0.717) is 0 Å². The van der Waals surface area contributed by atoms with E-state index in [0.717, 1.165) is 24.2 Å². The van der Waals surface area contributed by atoms with Gasteiger partial charge in [0.15, 0.2) is 8.32 Å². The molecule has 0 aliphatic carbocycles. The molecule has 164 valence electrons. The third kappa shape index (κ3) is 5.19. The number of carbonyl (C=O) groups is 1. The molecule has 1 aromatic heterocycles. The molecule has 2 aromatic rings. The van der Waals surface area contributed by atoms with Crippen LogP contribution in [-0.2, 0) is 9.22 Å². The van der Waals surface area contributed by atoms with Crippen LogP contribution in [0.1, 0.15) is 51.4 Å². The van der Waals surface area contributed by atoms with Gasteiger partial charge in [-0.05, 0) is 49.5 Å². The summed E-state index contributed by atoms with van der Waals surface area (Å²) in [5.74, 6) is 0.0474. The minimum atomic E-state index is -1.83. The Morgan fingerprint density at radius 1 is 1.30 bits per heavy atom. The molecule has 0 saturated carbocycles. The van der Waals surface area contributed by atoms with Gasteiger partial charge in [0.05, 0.1) is 34.3 Å². The highest BCUT2D eigenvalue weighted by Gasteiger charge is 2.41. The first-order chi connectivity index (χ1) is 14.0. The molecule has 3 unspecified atom stereocenters. The van der Waals surface area contributed by atoms with Gasteiger partial charge < -0.3 is 15.1 Å². The molecule has 30 heavy (non-hydrogen) atoms. The van der Waals surface area contributed by atoms with Crippen molar-refractivity contribution >= 4 is 25.6 Å². The van der Waals surface area contributed by atoms with Crippen molar-refractivity contribution in [2.45, 2.75) is 77.4 Å². The molecule has 1 saturated heterocycles. The van der Waals surface area contributed by atoms with Crippen molar-refractivity contribution in [3.05, 3.63) is 41.0 Å². The summed E-state index contributed by atoms with van der Waals surface area (Å²) in [4.78, 5) is 18.3. The fraction of sp³-hybridized carbons (Fsp3) is 0.565. The van der Waals surface area contributed by atoms with Crippen LogP contribution in [0.3, 0.4) is 0 Å². The van der Waals surface area contributed by atoms with E-state index >= 15 is 0 Å². The van der Waals surface area contributed by atoms with Gasteiger partial charge in [0.1, 0.15) is 0 Å². The second-order valence-electron chi connectivity index (χ2n) is 9.82. The number of aromatic nitrogens is 1. The Labute approximate surface area is 185 Å². The van der Waals surface area contributed by atoms with Gasteiger partial charge in [0.2, 0.25) is 5.91 Å². The Bertz CT molecular complexity index is 873. The maximum atomic E-state index is 12.8. The highest BCUT2D eigenvalue weighted by atomic mass is 32.1. The summed E-state index contributed by atoms with van der Waals surface area (Å²) in [5, 5.41) is 6.69. The molecule has 2 heterocycles. The predicted octanol–water partition coefficient (Wildman–Crippen LogP) is 5.05. The van der Waals surface area contributed by atoms with Gasteiger partial charge in [-0.1, -0.05) is 45.0 Å². The van der Waals surface area contributed by atoms with Gasteiger partial charge in [0.25, 0.3) is 0 Å². The summed E-state index contributed by atoms with van der Waals surface area (Å²) < 4.78 is 6.48. The third-order valence-electron chi connectivity index (χ3n) is 6.45. The maximum absolute atomic E-state index is 12.8. The number of rotatable bonds is 6. The molecule has 1 aliphatic rings. The summed E-state index contributed by atoms with van der Waals surface area (Å²) in [5.41, 5.74) is 5.19. The lowest BCUT2D eigenvalue weighted by atomic mass is 10.0. The lowest BCUT2D eigenvalue weighted by Crippen LogP contribution is -2.44. The molecule has 1 aromatic carbocycles. The monoisotopic (exact) mass is 445 g/mol. The lowest BCUT2D eigenvalue weighted by molar-refractivity contribution is -0.123. The van der Waals surface area contributed by atoms with Gasteiger partial charge in [-0.25, -0.2) is 4.98 Å². The van der Waals surface area contributed by atoms with Crippen LogP contribution < -0.4 is 10.6 Å². The number of hydrogen-bond acceptors (Lipinski definition) is 5. The van der Waals surface area contributed by atoms with Gasteiger partial charge in [-0.3, -0.25) is 4.79 Å². The van der Waals surface area contributed by atoms with Crippen LogP contribution in [0.4, 0.5) is 0 Å². The minimum Gasteiger partial charge on any atom is -0.413 e. The van der Waals surface area contributed by atoms with Crippen molar-refractivity contribution in [3.63, 3.8) is 0 Å². The smallest absolute Gasteiger partial charge is 0.237 e. The summed E-state index contributed by atoms with van der Waals surface area (Å²) in [6.45, 7) is 16.1. The van der Waals surface area contributed by atoms with Crippen molar-refractivity contribution in [1.29, 1.82) is 0 Å². The molecular weight excluding hydrogens is 410 g/mol. The Hall–Kier alpha value is -1.54. The Morgan fingerprint density at radius 3 is 2.53 bits per heavy atom. The number of hydrogen-bond donors (Lipinski definition) is 2. The molecule has 3 atom stereocenters. The molecule has 7 heteroatoms. The minimum absolute atomic E-state index is 0.0451. The SMILES string of the molecule is Cc1ncsc1-c1ccc(C(C)NC(=O)C2CC(O[Si](C)(C)C(C)(C)C)CN2)cc1. The topological polar surface area (TPSA) is 63.2 Å². The van der Waals surface area contributed by atoms with Crippen LogP contribution >= 0.6 is 11.3 Å².